The maximum atomic E-state index is 12.7. The Morgan fingerprint density at radius 3 is 2.71 bits per heavy atom. The third-order valence-corrected chi connectivity index (χ3v) is 4.72. The number of aromatic nitrogens is 2. The van der Waals surface area contributed by atoms with E-state index in [2.05, 4.69) is 10.4 Å². The summed E-state index contributed by atoms with van der Waals surface area (Å²) in [5.41, 5.74) is 1.61. The number of nitrogens with two attached hydrogens (primary N) is 1. The van der Waals surface area contributed by atoms with E-state index in [-0.39, 0.29) is 17.4 Å². The first kappa shape index (κ1) is 15.7. The third kappa shape index (κ3) is 3.00. The standard InChI is InChI=1S/C12H19N5O3S/c1-12(2,18)8-16(3)21(19,20)11-10(15-13)14-9-6-4-5-7-17(9)11/h4-7,15,18H,8,13H2,1-3H3. The molecule has 0 saturated heterocycles. The van der Waals surface area contributed by atoms with Gasteiger partial charge in [-0.25, -0.2) is 19.2 Å². The van der Waals surface area contributed by atoms with Crippen LogP contribution in [0.25, 0.3) is 5.65 Å². The van der Waals surface area contributed by atoms with Crippen molar-refractivity contribution in [1.82, 2.24) is 13.7 Å². The Labute approximate surface area is 123 Å². The highest BCUT2D eigenvalue weighted by Crippen LogP contribution is 2.25. The zero-order valence-corrected chi connectivity index (χ0v) is 12.9. The van der Waals surface area contributed by atoms with Gasteiger partial charge in [0, 0.05) is 19.8 Å². The number of nitrogen functional groups attached to an aromatic ring is 1. The minimum absolute atomic E-state index is 0.0561. The molecule has 8 nitrogen and oxygen atoms in total. The molecular formula is C12H19N5O3S. The van der Waals surface area contributed by atoms with Crippen molar-refractivity contribution < 1.29 is 13.5 Å². The van der Waals surface area contributed by atoms with Crippen LogP contribution in [0.15, 0.2) is 29.4 Å². The number of hydrogen-bond acceptors (Lipinski definition) is 6. The van der Waals surface area contributed by atoms with E-state index in [1.165, 1.54) is 25.3 Å². The predicted octanol–water partition coefficient (Wildman–Crippen LogP) is 0.0113. The number of rotatable bonds is 5. The van der Waals surface area contributed by atoms with Crippen LogP contribution in [0.4, 0.5) is 5.82 Å². The number of sulfonamides is 1. The summed E-state index contributed by atoms with van der Waals surface area (Å²) in [4.78, 5) is 4.13. The molecule has 0 atom stereocenters. The molecule has 2 aromatic heterocycles. The Kier molecular flexibility index (Phi) is 3.93. The lowest BCUT2D eigenvalue weighted by atomic mass is 10.1. The lowest BCUT2D eigenvalue weighted by Gasteiger charge is -2.25. The highest BCUT2D eigenvalue weighted by Gasteiger charge is 2.32. The van der Waals surface area contributed by atoms with E-state index < -0.39 is 15.6 Å². The monoisotopic (exact) mass is 313 g/mol. The van der Waals surface area contributed by atoms with E-state index in [0.717, 1.165) is 4.31 Å². The zero-order valence-electron chi connectivity index (χ0n) is 12.1. The molecule has 0 aromatic carbocycles. The van der Waals surface area contributed by atoms with Gasteiger partial charge in [-0.15, -0.1) is 0 Å². The number of nitrogens with zero attached hydrogens (tertiary/aromatic N) is 3. The van der Waals surface area contributed by atoms with Crippen LogP contribution in [0.1, 0.15) is 13.8 Å². The first-order chi connectivity index (χ1) is 9.66. The topological polar surface area (TPSA) is 113 Å². The van der Waals surface area contributed by atoms with Crippen molar-refractivity contribution in [2.75, 3.05) is 19.0 Å². The highest BCUT2D eigenvalue weighted by molar-refractivity contribution is 7.89. The number of anilines is 1. The van der Waals surface area contributed by atoms with E-state index in [1.54, 1.807) is 24.4 Å². The molecule has 2 aromatic rings. The van der Waals surface area contributed by atoms with Gasteiger partial charge in [-0.1, -0.05) is 6.07 Å². The van der Waals surface area contributed by atoms with Crippen LogP contribution < -0.4 is 11.3 Å². The van der Waals surface area contributed by atoms with Crippen molar-refractivity contribution in [3.05, 3.63) is 24.4 Å². The molecule has 0 aliphatic carbocycles. The molecule has 2 rings (SSSR count). The fourth-order valence-corrected chi connectivity index (χ4v) is 3.62. The van der Waals surface area contributed by atoms with E-state index >= 15 is 0 Å². The van der Waals surface area contributed by atoms with Crippen molar-refractivity contribution in [2.45, 2.75) is 24.5 Å². The number of nitrogens with one attached hydrogen (secondary N) is 1. The molecule has 4 N–H and O–H groups in total. The SMILES string of the molecule is CN(CC(C)(C)O)S(=O)(=O)c1c(NN)nc2ccccn12. The summed E-state index contributed by atoms with van der Waals surface area (Å²) >= 11 is 0. The molecule has 0 aliphatic rings. The number of pyridine rings is 1. The van der Waals surface area contributed by atoms with E-state index in [4.69, 9.17) is 5.84 Å². The Balaban J connectivity index is 2.59. The van der Waals surface area contributed by atoms with Crippen LogP contribution >= 0.6 is 0 Å². The summed E-state index contributed by atoms with van der Waals surface area (Å²) in [6, 6.07) is 5.12. The molecule has 116 valence electrons. The second-order valence-electron chi connectivity index (χ2n) is 5.41. The number of fused-ring (bicyclic) bond motifs is 1. The highest BCUT2D eigenvalue weighted by atomic mass is 32.2. The van der Waals surface area contributed by atoms with Crippen LogP contribution in [0, 0.1) is 0 Å². The molecule has 0 spiro atoms. The van der Waals surface area contributed by atoms with Gasteiger partial charge in [0.2, 0.25) is 5.03 Å². The minimum Gasteiger partial charge on any atom is -0.389 e. The molecule has 0 aliphatic heterocycles. The van der Waals surface area contributed by atoms with Crippen molar-refractivity contribution >= 4 is 21.5 Å². The molecule has 21 heavy (non-hydrogen) atoms. The van der Waals surface area contributed by atoms with Crippen molar-refractivity contribution in [3.63, 3.8) is 0 Å². The minimum atomic E-state index is -3.87. The van der Waals surface area contributed by atoms with Crippen molar-refractivity contribution in [2.24, 2.45) is 5.84 Å². The van der Waals surface area contributed by atoms with Gasteiger partial charge >= 0.3 is 0 Å². The fraction of sp³-hybridized carbons (Fsp3) is 0.417. The zero-order chi connectivity index (χ0) is 15.8. The summed E-state index contributed by atoms with van der Waals surface area (Å²) in [7, 11) is -2.47. The predicted molar refractivity (Wildman–Crippen MR) is 79.1 cm³/mol. The summed E-state index contributed by atoms with van der Waals surface area (Å²) in [5, 5.41) is 9.76. The largest absolute Gasteiger partial charge is 0.389 e. The van der Waals surface area contributed by atoms with E-state index in [0.29, 0.717) is 5.65 Å². The van der Waals surface area contributed by atoms with E-state index in [1.807, 2.05) is 0 Å². The second kappa shape index (κ2) is 5.26. The molecule has 0 amide bonds. The van der Waals surface area contributed by atoms with Gasteiger partial charge in [-0.05, 0) is 26.0 Å². The summed E-state index contributed by atoms with van der Waals surface area (Å²) < 4.78 is 28.0. The molecule has 0 radical (unpaired) electrons. The second-order valence-corrected chi connectivity index (χ2v) is 7.37. The van der Waals surface area contributed by atoms with Gasteiger partial charge in [0.1, 0.15) is 5.65 Å². The van der Waals surface area contributed by atoms with Crippen LogP contribution in [0.5, 0.6) is 0 Å². The third-order valence-electron chi connectivity index (χ3n) is 2.89. The van der Waals surface area contributed by atoms with Gasteiger partial charge in [-0.3, -0.25) is 4.40 Å². The average molecular weight is 313 g/mol. The summed E-state index contributed by atoms with van der Waals surface area (Å²) in [6.07, 6.45) is 1.59. The molecule has 0 bridgehead atoms. The Morgan fingerprint density at radius 1 is 1.48 bits per heavy atom. The molecule has 9 heteroatoms. The lowest BCUT2D eigenvalue weighted by Crippen LogP contribution is -2.40. The molecular weight excluding hydrogens is 294 g/mol. The van der Waals surface area contributed by atoms with Crippen LogP contribution in [0.2, 0.25) is 0 Å². The molecule has 0 saturated carbocycles. The average Bonchev–Trinajstić information content (AvgIpc) is 2.75. The van der Waals surface area contributed by atoms with Gasteiger partial charge in [-0.2, -0.15) is 4.31 Å². The fourth-order valence-electron chi connectivity index (χ4n) is 2.09. The maximum absolute atomic E-state index is 12.7. The van der Waals surface area contributed by atoms with Gasteiger partial charge in [0.05, 0.1) is 5.60 Å². The Hall–Kier alpha value is -1.68. The normalized spacial score (nSPS) is 13.0. The molecule has 0 fully saturated rings. The van der Waals surface area contributed by atoms with Crippen LogP contribution in [-0.4, -0.2) is 46.4 Å². The van der Waals surface area contributed by atoms with Crippen LogP contribution in [0.3, 0.4) is 0 Å². The quantitative estimate of drug-likeness (QED) is 0.529. The van der Waals surface area contributed by atoms with Crippen molar-refractivity contribution in [1.29, 1.82) is 0 Å². The van der Waals surface area contributed by atoms with Gasteiger partial charge in [0.15, 0.2) is 5.82 Å². The number of hydrogen-bond donors (Lipinski definition) is 3. The Morgan fingerprint density at radius 2 is 2.14 bits per heavy atom. The smallest absolute Gasteiger partial charge is 0.262 e. The summed E-state index contributed by atoms with van der Waals surface area (Å²) in [5.74, 6) is 5.44. The molecule has 0 unspecified atom stereocenters. The number of aliphatic hydroxyl groups is 1. The number of imidazole rings is 1. The maximum Gasteiger partial charge on any atom is 0.262 e. The Bertz CT molecular complexity index is 748. The van der Waals surface area contributed by atoms with Gasteiger partial charge < -0.3 is 10.5 Å². The van der Waals surface area contributed by atoms with Crippen molar-refractivity contribution in [3.8, 4) is 0 Å². The number of likely N-dealkylation sites (N-methyl/N-ethyl adjacent to an activating group) is 1. The first-order valence-electron chi connectivity index (χ1n) is 6.29. The first-order valence-corrected chi connectivity index (χ1v) is 7.73. The summed E-state index contributed by atoms with van der Waals surface area (Å²) in [6.45, 7) is 3.02. The van der Waals surface area contributed by atoms with Crippen LogP contribution in [-0.2, 0) is 10.0 Å². The lowest BCUT2D eigenvalue weighted by molar-refractivity contribution is 0.0639. The van der Waals surface area contributed by atoms with E-state index in [9.17, 15) is 13.5 Å². The van der Waals surface area contributed by atoms with Gasteiger partial charge in [0.25, 0.3) is 10.0 Å². The molecule has 2 heterocycles. The number of hydrazine groups is 1.